The molecule has 0 N–H and O–H groups in total. The fourth-order valence-electron chi connectivity index (χ4n) is 5.28. The number of nitrogens with zero attached hydrogens (tertiary/aromatic N) is 1. The van der Waals surface area contributed by atoms with Crippen molar-refractivity contribution in [1.82, 2.24) is 0 Å². The van der Waals surface area contributed by atoms with Gasteiger partial charge in [-0.15, -0.1) is 0 Å². The molecule has 2 rings (SSSR count). The summed E-state index contributed by atoms with van der Waals surface area (Å²) in [7, 11) is 0. The lowest BCUT2D eigenvalue weighted by atomic mass is 9.79. The number of carbonyl (C=O) groups is 1. The molecular formula is C21H40NO2+. The summed E-state index contributed by atoms with van der Waals surface area (Å²) in [6, 6.07) is 0. The van der Waals surface area contributed by atoms with Gasteiger partial charge in [0.25, 0.3) is 0 Å². The summed E-state index contributed by atoms with van der Waals surface area (Å²) in [5, 5.41) is 0. The molecule has 0 amide bonds. The third-order valence-corrected chi connectivity index (χ3v) is 6.94. The molecule has 2 fully saturated rings. The fourth-order valence-corrected chi connectivity index (χ4v) is 5.28. The second-order valence-corrected chi connectivity index (χ2v) is 8.20. The third-order valence-electron chi connectivity index (χ3n) is 6.94. The number of carbonyl (C=O) groups excluding carboxylic acids is 1. The van der Waals surface area contributed by atoms with Crippen LogP contribution < -0.4 is 0 Å². The molecule has 0 saturated heterocycles. The van der Waals surface area contributed by atoms with Gasteiger partial charge in [-0.1, -0.05) is 32.6 Å². The van der Waals surface area contributed by atoms with Crippen molar-refractivity contribution in [3.05, 3.63) is 0 Å². The van der Waals surface area contributed by atoms with Crippen LogP contribution in [-0.4, -0.2) is 43.2 Å². The summed E-state index contributed by atoms with van der Waals surface area (Å²) in [5.74, 6) is 1.54. The number of quaternary nitrogens is 1. The maximum Gasteiger partial charge on any atom is 0.309 e. The first-order valence-corrected chi connectivity index (χ1v) is 10.7. The number of rotatable bonds is 10. The maximum atomic E-state index is 12.9. The predicted octanol–water partition coefficient (Wildman–Crippen LogP) is 4.79. The molecule has 0 aliphatic heterocycles. The minimum absolute atomic E-state index is 0.135. The van der Waals surface area contributed by atoms with Gasteiger partial charge < -0.3 is 9.22 Å². The second kappa shape index (κ2) is 9.79. The SMILES string of the molecule is CCC[N+](CC)(CC)CCOC(=O)C(C1CCCC1)C1CCCC1. The summed E-state index contributed by atoms with van der Waals surface area (Å²) < 4.78 is 6.96. The molecule has 2 aliphatic carbocycles. The lowest BCUT2D eigenvalue weighted by molar-refractivity contribution is -0.925. The van der Waals surface area contributed by atoms with E-state index in [1.54, 1.807) is 0 Å². The van der Waals surface area contributed by atoms with E-state index in [1.165, 1.54) is 64.3 Å². The van der Waals surface area contributed by atoms with Crippen LogP contribution in [0.4, 0.5) is 0 Å². The molecule has 3 heteroatoms. The van der Waals surface area contributed by atoms with Crippen molar-refractivity contribution < 1.29 is 14.0 Å². The zero-order valence-electron chi connectivity index (χ0n) is 16.4. The Hall–Kier alpha value is -0.570. The van der Waals surface area contributed by atoms with Gasteiger partial charge >= 0.3 is 5.97 Å². The molecule has 0 spiro atoms. The lowest BCUT2D eigenvalue weighted by Crippen LogP contribution is -2.50. The van der Waals surface area contributed by atoms with Crippen molar-refractivity contribution in [2.45, 2.75) is 78.6 Å². The summed E-state index contributed by atoms with van der Waals surface area (Å²) >= 11 is 0. The Labute approximate surface area is 149 Å². The van der Waals surface area contributed by atoms with Crippen LogP contribution in [0.5, 0.6) is 0 Å². The molecule has 140 valence electrons. The van der Waals surface area contributed by atoms with Crippen LogP contribution >= 0.6 is 0 Å². The quantitative estimate of drug-likeness (QED) is 0.423. The Morgan fingerprint density at radius 1 is 0.917 bits per heavy atom. The summed E-state index contributed by atoms with van der Waals surface area (Å²) in [4.78, 5) is 12.9. The summed E-state index contributed by atoms with van der Waals surface area (Å²) in [5.41, 5.74) is 0. The van der Waals surface area contributed by atoms with Gasteiger partial charge in [-0.05, 0) is 57.8 Å². The van der Waals surface area contributed by atoms with E-state index in [4.69, 9.17) is 4.74 Å². The number of ether oxygens (including phenoxy) is 1. The van der Waals surface area contributed by atoms with Crippen LogP contribution in [0.25, 0.3) is 0 Å². The largest absolute Gasteiger partial charge is 0.459 e. The van der Waals surface area contributed by atoms with Crippen molar-refractivity contribution in [3.63, 3.8) is 0 Å². The zero-order chi connectivity index (χ0) is 17.4. The van der Waals surface area contributed by atoms with E-state index in [0.717, 1.165) is 24.1 Å². The van der Waals surface area contributed by atoms with E-state index in [9.17, 15) is 4.79 Å². The molecule has 24 heavy (non-hydrogen) atoms. The van der Waals surface area contributed by atoms with Crippen LogP contribution in [0.3, 0.4) is 0 Å². The molecule has 0 heterocycles. The van der Waals surface area contributed by atoms with Crippen molar-refractivity contribution in [3.8, 4) is 0 Å². The Morgan fingerprint density at radius 2 is 1.42 bits per heavy atom. The van der Waals surface area contributed by atoms with Gasteiger partial charge in [-0.3, -0.25) is 4.79 Å². The zero-order valence-corrected chi connectivity index (χ0v) is 16.4. The number of esters is 1. The minimum Gasteiger partial charge on any atom is -0.459 e. The van der Waals surface area contributed by atoms with Gasteiger partial charge in [-0.25, -0.2) is 0 Å². The first kappa shape index (κ1) is 19.8. The van der Waals surface area contributed by atoms with Crippen molar-refractivity contribution >= 4 is 5.97 Å². The molecule has 2 aliphatic rings. The smallest absolute Gasteiger partial charge is 0.309 e. The van der Waals surface area contributed by atoms with Crippen molar-refractivity contribution in [1.29, 1.82) is 0 Å². The molecule has 0 radical (unpaired) electrons. The van der Waals surface area contributed by atoms with E-state index in [2.05, 4.69) is 20.8 Å². The van der Waals surface area contributed by atoms with Crippen LogP contribution in [0.2, 0.25) is 0 Å². The third kappa shape index (κ3) is 4.97. The van der Waals surface area contributed by atoms with Crippen LogP contribution in [0, 0.1) is 17.8 Å². The highest BCUT2D eigenvalue weighted by molar-refractivity contribution is 5.73. The molecule has 2 saturated carbocycles. The average Bonchev–Trinajstić information content (AvgIpc) is 3.29. The minimum atomic E-state index is 0.135. The van der Waals surface area contributed by atoms with E-state index in [-0.39, 0.29) is 11.9 Å². The maximum absolute atomic E-state index is 12.9. The van der Waals surface area contributed by atoms with Gasteiger partial charge in [0.2, 0.25) is 0 Å². The second-order valence-electron chi connectivity index (χ2n) is 8.20. The Morgan fingerprint density at radius 3 is 1.83 bits per heavy atom. The molecule has 3 nitrogen and oxygen atoms in total. The first-order chi connectivity index (χ1) is 11.7. The molecule has 0 aromatic heterocycles. The molecule has 0 aromatic rings. The van der Waals surface area contributed by atoms with Crippen LogP contribution in [0.15, 0.2) is 0 Å². The topological polar surface area (TPSA) is 26.3 Å². The normalized spacial score (nSPS) is 20.2. The lowest BCUT2D eigenvalue weighted by Gasteiger charge is -2.36. The Kier molecular flexibility index (Phi) is 8.06. The monoisotopic (exact) mass is 338 g/mol. The Balaban J connectivity index is 1.89. The van der Waals surface area contributed by atoms with Crippen molar-refractivity contribution in [2.75, 3.05) is 32.8 Å². The van der Waals surface area contributed by atoms with E-state index in [0.29, 0.717) is 18.4 Å². The van der Waals surface area contributed by atoms with E-state index in [1.807, 2.05) is 0 Å². The average molecular weight is 339 g/mol. The molecule has 0 aromatic carbocycles. The van der Waals surface area contributed by atoms with E-state index < -0.39 is 0 Å². The van der Waals surface area contributed by atoms with Gasteiger partial charge in [0.1, 0.15) is 13.2 Å². The van der Waals surface area contributed by atoms with Crippen LogP contribution in [-0.2, 0) is 9.53 Å². The highest BCUT2D eigenvalue weighted by Crippen LogP contribution is 2.42. The molecule has 0 bridgehead atoms. The predicted molar refractivity (Wildman–Crippen MR) is 99.7 cm³/mol. The van der Waals surface area contributed by atoms with Crippen molar-refractivity contribution in [2.24, 2.45) is 17.8 Å². The van der Waals surface area contributed by atoms with Crippen LogP contribution in [0.1, 0.15) is 78.6 Å². The fraction of sp³-hybridized carbons (Fsp3) is 0.952. The van der Waals surface area contributed by atoms with Gasteiger partial charge in [0, 0.05) is 0 Å². The van der Waals surface area contributed by atoms with Gasteiger partial charge in [-0.2, -0.15) is 0 Å². The molecular weight excluding hydrogens is 298 g/mol. The number of hydrogen-bond acceptors (Lipinski definition) is 2. The standard InChI is InChI=1S/C21H40NO2/c1-4-15-22(5-2,6-3)16-17-24-21(23)20(18-11-7-8-12-18)19-13-9-10-14-19/h18-20H,4-17H2,1-3H3/q+1. The molecule has 0 atom stereocenters. The van der Waals surface area contributed by atoms with E-state index >= 15 is 0 Å². The molecule has 0 unspecified atom stereocenters. The Bertz CT molecular complexity index is 350. The number of hydrogen-bond donors (Lipinski definition) is 0. The number of likely N-dealkylation sites (N-methyl/N-ethyl adjacent to an activating group) is 1. The highest BCUT2D eigenvalue weighted by atomic mass is 16.5. The van der Waals surface area contributed by atoms with Gasteiger partial charge in [0.05, 0.1) is 25.6 Å². The summed E-state index contributed by atoms with van der Waals surface area (Å²) in [6.07, 6.45) is 11.4. The summed E-state index contributed by atoms with van der Waals surface area (Å²) in [6.45, 7) is 11.8. The van der Waals surface area contributed by atoms with Gasteiger partial charge in [0.15, 0.2) is 0 Å². The first-order valence-electron chi connectivity index (χ1n) is 10.7. The highest BCUT2D eigenvalue weighted by Gasteiger charge is 2.39.